The fraction of sp³-hybridized carbons (Fsp3) is 0.625. The van der Waals surface area contributed by atoms with Crippen molar-refractivity contribution in [3.63, 3.8) is 0 Å². The molecule has 1 fully saturated rings. The molecule has 1 saturated heterocycles. The van der Waals surface area contributed by atoms with Crippen LogP contribution in [0.25, 0.3) is 0 Å². The Bertz CT molecular complexity index is 818. The molecule has 1 heterocycles. The summed E-state index contributed by atoms with van der Waals surface area (Å²) in [7, 11) is 1.71. The minimum atomic E-state index is -0.700. The van der Waals surface area contributed by atoms with Crippen LogP contribution >= 0.6 is 0 Å². The minimum Gasteiger partial charge on any atom is -0.483 e. The highest BCUT2D eigenvalue weighted by molar-refractivity contribution is 5.99. The normalized spacial score (nSPS) is 17.2. The number of carbonyl (C=O) groups excluding carboxylic acids is 3. The van der Waals surface area contributed by atoms with E-state index in [0.29, 0.717) is 19.4 Å². The van der Waals surface area contributed by atoms with Crippen LogP contribution < -0.4 is 10.1 Å². The van der Waals surface area contributed by atoms with E-state index in [2.05, 4.69) is 5.32 Å². The highest BCUT2D eigenvalue weighted by atomic mass is 16.5. The second-order valence-electron chi connectivity index (χ2n) is 9.79. The van der Waals surface area contributed by atoms with Gasteiger partial charge in [0.05, 0.1) is 11.7 Å². The zero-order valence-corrected chi connectivity index (χ0v) is 20.1. The third-order valence-corrected chi connectivity index (χ3v) is 5.65. The van der Waals surface area contributed by atoms with E-state index < -0.39 is 18.1 Å². The predicted molar refractivity (Wildman–Crippen MR) is 122 cm³/mol. The number of hydrogen-bond donors (Lipinski definition) is 2. The number of carbonyl (C=O) groups is 3. The number of para-hydroxylation sites is 1. The third kappa shape index (κ3) is 6.95. The van der Waals surface area contributed by atoms with Crippen molar-refractivity contribution in [3.05, 3.63) is 29.8 Å². The summed E-state index contributed by atoms with van der Waals surface area (Å²) >= 11 is 0. The van der Waals surface area contributed by atoms with Gasteiger partial charge in [-0.15, -0.1) is 0 Å². The number of nitrogens with zero attached hydrogens (tertiary/aromatic N) is 2. The SMILES string of the molecule is CC(C)CC(NC(=O)c1ccccc1OCC(=O)N(C)C(C)(C)C)C(=O)N1CCC(O)C1. The van der Waals surface area contributed by atoms with Gasteiger partial charge >= 0.3 is 0 Å². The molecule has 0 aliphatic carbocycles. The summed E-state index contributed by atoms with van der Waals surface area (Å²) in [6, 6.07) is 5.98. The van der Waals surface area contributed by atoms with Crippen LogP contribution in [-0.4, -0.2) is 77.1 Å². The molecule has 1 aliphatic heterocycles. The molecular weight excluding hydrogens is 410 g/mol. The van der Waals surface area contributed by atoms with Crippen LogP contribution in [0.1, 0.15) is 57.8 Å². The van der Waals surface area contributed by atoms with Gasteiger partial charge in [0.1, 0.15) is 11.8 Å². The van der Waals surface area contributed by atoms with E-state index in [4.69, 9.17) is 4.74 Å². The highest BCUT2D eigenvalue weighted by Gasteiger charge is 2.32. The molecule has 8 heteroatoms. The number of hydrogen-bond acceptors (Lipinski definition) is 5. The highest BCUT2D eigenvalue weighted by Crippen LogP contribution is 2.20. The fourth-order valence-corrected chi connectivity index (χ4v) is 3.48. The van der Waals surface area contributed by atoms with Gasteiger partial charge in [0.15, 0.2) is 6.61 Å². The lowest BCUT2D eigenvalue weighted by Gasteiger charge is -2.32. The minimum absolute atomic E-state index is 0.189. The van der Waals surface area contributed by atoms with Crippen molar-refractivity contribution in [1.29, 1.82) is 0 Å². The maximum absolute atomic E-state index is 13.1. The Morgan fingerprint density at radius 3 is 2.47 bits per heavy atom. The van der Waals surface area contributed by atoms with Crippen LogP contribution in [0.4, 0.5) is 0 Å². The van der Waals surface area contributed by atoms with E-state index in [9.17, 15) is 19.5 Å². The van der Waals surface area contributed by atoms with Crippen LogP contribution in [-0.2, 0) is 9.59 Å². The number of aliphatic hydroxyl groups is 1. The lowest BCUT2D eigenvalue weighted by atomic mass is 10.0. The van der Waals surface area contributed by atoms with Crippen molar-refractivity contribution in [3.8, 4) is 5.75 Å². The van der Waals surface area contributed by atoms with E-state index in [-0.39, 0.29) is 47.7 Å². The second-order valence-corrected chi connectivity index (χ2v) is 9.79. The Labute approximate surface area is 190 Å². The van der Waals surface area contributed by atoms with Crippen LogP contribution in [0.3, 0.4) is 0 Å². The quantitative estimate of drug-likeness (QED) is 0.636. The van der Waals surface area contributed by atoms with Crippen molar-refractivity contribution < 1.29 is 24.2 Å². The van der Waals surface area contributed by atoms with Crippen molar-refractivity contribution in [2.45, 2.75) is 65.1 Å². The molecular formula is C24H37N3O5. The molecule has 2 unspecified atom stereocenters. The van der Waals surface area contributed by atoms with E-state index in [0.717, 1.165) is 0 Å². The smallest absolute Gasteiger partial charge is 0.260 e. The lowest BCUT2D eigenvalue weighted by molar-refractivity contribution is -0.136. The molecule has 1 aromatic carbocycles. The molecule has 0 spiro atoms. The standard InChI is InChI=1S/C24H37N3O5/c1-16(2)13-19(23(31)27-12-11-17(28)14-27)25-22(30)18-9-7-8-10-20(18)32-15-21(29)26(6)24(3,4)5/h7-10,16-17,19,28H,11-15H2,1-6H3,(H,25,30). The molecule has 0 aromatic heterocycles. The Balaban J connectivity index is 2.12. The van der Waals surface area contributed by atoms with E-state index in [1.807, 2.05) is 34.6 Å². The van der Waals surface area contributed by atoms with Gasteiger partial charge < -0.3 is 25.0 Å². The molecule has 2 atom stereocenters. The van der Waals surface area contributed by atoms with E-state index >= 15 is 0 Å². The maximum Gasteiger partial charge on any atom is 0.260 e. The van der Waals surface area contributed by atoms with Crippen LogP contribution in [0.2, 0.25) is 0 Å². The number of ether oxygens (including phenoxy) is 1. The van der Waals surface area contributed by atoms with Gasteiger partial charge in [-0.2, -0.15) is 0 Å². The van der Waals surface area contributed by atoms with Gasteiger partial charge in [0.25, 0.3) is 11.8 Å². The first-order valence-corrected chi connectivity index (χ1v) is 11.2. The summed E-state index contributed by atoms with van der Waals surface area (Å²) in [4.78, 5) is 41.7. The first kappa shape index (κ1) is 25.6. The predicted octanol–water partition coefficient (Wildman–Crippen LogP) is 2.06. The molecule has 0 saturated carbocycles. The summed E-state index contributed by atoms with van der Waals surface area (Å²) in [6.07, 6.45) is 0.504. The third-order valence-electron chi connectivity index (χ3n) is 5.65. The molecule has 0 radical (unpaired) electrons. The van der Waals surface area contributed by atoms with Gasteiger partial charge in [0.2, 0.25) is 5.91 Å². The number of β-amino-alcohol motifs (C(OH)–C–C–N with tert-alkyl or cyclic N) is 1. The summed E-state index contributed by atoms with van der Waals surface area (Å²) in [5.41, 5.74) is -0.0769. The van der Waals surface area contributed by atoms with Crippen LogP contribution in [0.15, 0.2) is 24.3 Å². The average molecular weight is 448 g/mol. The summed E-state index contributed by atoms with van der Waals surface area (Å²) in [5, 5.41) is 12.6. The monoisotopic (exact) mass is 447 g/mol. The molecule has 2 N–H and O–H groups in total. The molecule has 0 bridgehead atoms. The van der Waals surface area contributed by atoms with E-state index in [1.165, 1.54) is 0 Å². The molecule has 32 heavy (non-hydrogen) atoms. The molecule has 1 aliphatic rings. The first-order chi connectivity index (χ1) is 14.9. The van der Waals surface area contributed by atoms with Crippen LogP contribution in [0, 0.1) is 5.92 Å². The Morgan fingerprint density at radius 1 is 1.25 bits per heavy atom. The first-order valence-electron chi connectivity index (χ1n) is 11.2. The summed E-state index contributed by atoms with van der Waals surface area (Å²) in [5.74, 6) is -0.352. The van der Waals surface area contributed by atoms with Crippen molar-refractivity contribution in [2.75, 3.05) is 26.7 Å². The van der Waals surface area contributed by atoms with Gasteiger partial charge in [-0.25, -0.2) is 0 Å². The lowest BCUT2D eigenvalue weighted by Crippen LogP contribution is -2.48. The Hall–Kier alpha value is -2.61. The summed E-state index contributed by atoms with van der Waals surface area (Å²) in [6.45, 7) is 10.3. The Morgan fingerprint density at radius 2 is 1.91 bits per heavy atom. The maximum atomic E-state index is 13.1. The van der Waals surface area contributed by atoms with Gasteiger partial charge in [-0.1, -0.05) is 26.0 Å². The van der Waals surface area contributed by atoms with Crippen molar-refractivity contribution >= 4 is 17.7 Å². The van der Waals surface area contributed by atoms with Crippen molar-refractivity contribution in [2.24, 2.45) is 5.92 Å². The van der Waals surface area contributed by atoms with Gasteiger partial charge in [-0.05, 0) is 51.7 Å². The van der Waals surface area contributed by atoms with E-state index in [1.54, 1.807) is 41.1 Å². The number of likely N-dealkylation sites (N-methyl/N-ethyl adjacent to an activating group) is 1. The van der Waals surface area contributed by atoms with Crippen LogP contribution in [0.5, 0.6) is 5.75 Å². The zero-order chi connectivity index (χ0) is 24.1. The zero-order valence-electron chi connectivity index (χ0n) is 20.1. The average Bonchev–Trinajstić information content (AvgIpc) is 3.15. The molecule has 3 amide bonds. The number of nitrogens with one attached hydrogen (secondary N) is 1. The molecule has 1 aromatic rings. The second kappa shape index (κ2) is 10.8. The number of likely N-dealkylation sites (tertiary alicyclic amines) is 1. The fourth-order valence-electron chi connectivity index (χ4n) is 3.48. The number of rotatable bonds is 8. The number of amides is 3. The van der Waals surface area contributed by atoms with Gasteiger partial charge in [-0.3, -0.25) is 14.4 Å². The topological polar surface area (TPSA) is 99.2 Å². The Kier molecular flexibility index (Phi) is 8.66. The molecule has 8 nitrogen and oxygen atoms in total. The summed E-state index contributed by atoms with van der Waals surface area (Å²) < 4.78 is 5.69. The number of aliphatic hydroxyl groups excluding tert-OH is 1. The molecule has 178 valence electrons. The van der Waals surface area contributed by atoms with Crippen molar-refractivity contribution in [1.82, 2.24) is 15.1 Å². The van der Waals surface area contributed by atoms with Gasteiger partial charge in [0, 0.05) is 25.7 Å². The number of benzene rings is 1. The molecule has 2 rings (SSSR count). The largest absolute Gasteiger partial charge is 0.483 e.